The zero-order valence-electron chi connectivity index (χ0n) is 17.9. The van der Waals surface area contributed by atoms with Crippen molar-refractivity contribution in [1.29, 1.82) is 0 Å². The third kappa shape index (κ3) is 3.60. The van der Waals surface area contributed by atoms with Crippen molar-refractivity contribution in [3.63, 3.8) is 0 Å². The van der Waals surface area contributed by atoms with Crippen LogP contribution in [-0.2, 0) is 26.0 Å². The molecule has 5 atom stereocenters. The zero-order valence-corrected chi connectivity index (χ0v) is 18.6. The smallest absolute Gasteiger partial charge is 0.383 e. The van der Waals surface area contributed by atoms with Crippen LogP contribution in [0.25, 0.3) is 11.0 Å². The summed E-state index contributed by atoms with van der Waals surface area (Å²) in [5.41, 5.74) is -2.84. The van der Waals surface area contributed by atoms with Crippen molar-refractivity contribution in [2.45, 2.75) is 62.9 Å². The van der Waals surface area contributed by atoms with E-state index in [0.29, 0.717) is 11.0 Å². The number of hydrogen-bond donors (Lipinski definition) is 1. The van der Waals surface area contributed by atoms with E-state index in [4.69, 9.17) is 25.8 Å². The number of rotatable bonds is 3. The molecule has 2 fully saturated rings. The van der Waals surface area contributed by atoms with Crippen molar-refractivity contribution in [1.82, 2.24) is 14.5 Å². The molecule has 0 bridgehead atoms. The van der Waals surface area contributed by atoms with Crippen molar-refractivity contribution in [3.05, 3.63) is 59.1 Å². The first-order valence-electron chi connectivity index (χ1n) is 10.3. The number of alkyl halides is 3. The molecule has 0 aliphatic carbocycles. The van der Waals surface area contributed by atoms with E-state index in [0.717, 1.165) is 6.07 Å². The van der Waals surface area contributed by atoms with E-state index < -0.39 is 47.7 Å². The maximum absolute atomic E-state index is 13.7. The summed E-state index contributed by atoms with van der Waals surface area (Å²) in [6.07, 6.45) is -5.26. The van der Waals surface area contributed by atoms with Crippen LogP contribution in [0.5, 0.6) is 0 Å². The van der Waals surface area contributed by atoms with Crippen molar-refractivity contribution >= 4 is 22.6 Å². The minimum absolute atomic E-state index is 0.250. The molecule has 33 heavy (non-hydrogen) atoms. The van der Waals surface area contributed by atoms with Gasteiger partial charge < -0.3 is 23.9 Å². The highest BCUT2D eigenvalue weighted by Crippen LogP contribution is 2.50. The second-order valence-corrected chi connectivity index (χ2v) is 9.19. The maximum atomic E-state index is 13.7. The summed E-state index contributed by atoms with van der Waals surface area (Å²) >= 11 is 6.17. The van der Waals surface area contributed by atoms with E-state index in [9.17, 15) is 18.3 Å². The average molecular weight is 484 g/mol. The third-order valence-corrected chi connectivity index (χ3v) is 6.40. The van der Waals surface area contributed by atoms with E-state index in [2.05, 4.69) is 9.97 Å². The SMILES string of the molecule is CC1(C)O[C@@H]2[C@H](O1)[C@@H](C(C)(O)c1ccccc1C(F)(F)F)O[C@H]2n1ccc2c(Cl)ncnc21. The fraction of sp³-hybridized carbons (Fsp3) is 0.455. The summed E-state index contributed by atoms with van der Waals surface area (Å²) in [4.78, 5) is 8.23. The summed E-state index contributed by atoms with van der Waals surface area (Å²) in [6.45, 7) is 4.69. The van der Waals surface area contributed by atoms with Crippen LogP contribution in [0.2, 0.25) is 5.15 Å². The first kappa shape index (κ1) is 22.5. The Morgan fingerprint density at radius 1 is 1.06 bits per heavy atom. The molecule has 2 aliphatic heterocycles. The van der Waals surface area contributed by atoms with E-state index in [1.54, 1.807) is 30.7 Å². The largest absolute Gasteiger partial charge is 0.416 e. The van der Waals surface area contributed by atoms with Gasteiger partial charge in [-0.2, -0.15) is 13.2 Å². The monoisotopic (exact) mass is 483 g/mol. The molecule has 11 heteroatoms. The van der Waals surface area contributed by atoms with Crippen LogP contribution in [0.15, 0.2) is 42.9 Å². The molecule has 2 saturated heterocycles. The molecule has 1 N–H and O–H groups in total. The van der Waals surface area contributed by atoms with Crippen molar-refractivity contribution in [2.24, 2.45) is 0 Å². The highest BCUT2D eigenvalue weighted by Gasteiger charge is 2.61. The Bertz CT molecular complexity index is 1210. The Hall–Kier alpha value is -2.24. The van der Waals surface area contributed by atoms with Gasteiger partial charge in [0.05, 0.1) is 10.9 Å². The molecule has 0 spiro atoms. The fourth-order valence-electron chi connectivity index (χ4n) is 4.72. The second-order valence-electron chi connectivity index (χ2n) is 8.83. The van der Waals surface area contributed by atoms with Crippen LogP contribution in [0, 0.1) is 0 Å². The van der Waals surface area contributed by atoms with Gasteiger partial charge in [-0.05, 0) is 38.5 Å². The first-order chi connectivity index (χ1) is 15.4. The number of fused-ring (bicyclic) bond motifs is 2. The molecule has 0 amide bonds. The quantitative estimate of drug-likeness (QED) is 0.555. The predicted molar refractivity (Wildman–Crippen MR) is 111 cm³/mol. The van der Waals surface area contributed by atoms with Gasteiger partial charge in [0.15, 0.2) is 12.0 Å². The van der Waals surface area contributed by atoms with Gasteiger partial charge in [0.1, 0.15) is 41.0 Å². The summed E-state index contributed by atoms with van der Waals surface area (Å²) in [7, 11) is 0. The molecule has 3 aromatic rings. The van der Waals surface area contributed by atoms with Crippen molar-refractivity contribution < 1.29 is 32.5 Å². The van der Waals surface area contributed by atoms with Crippen LogP contribution in [-0.4, -0.2) is 43.7 Å². The van der Waals surface area contributed by atoms with Crippen LogP contribution in [0.1, 0.15) is 38.1 Å². The van der Waals surface area contributed by atoms with Gasteiger partial charge >= 0.3 is 6.18 Å². The van der Waals surface area contributed by atoms with E-state index >= 15 is 0 Å². The highest BCUT2D eigenvalue weighted by atomic mass is 35.5. The Morgan fingerprint density at radius 2 is 1.73 bits per heavy atom. The molecular weight excluding hydrogens is 463 g/mol. The van der Waals surface area contributed by atoms with Crippen LogP contribution >= 0.6 is 11.6 Å². The lowest BCUT2D eigenvalue weighted by Crippen LogP contribution is -2.46. The molecule has 1 aromatic carbocycles. The van der Waals surface area contributed by atoms with Gasteiger partial charge in [0, 0.05) is 6.20 Å². The molecule has 0 saturated carbocycles. The molecule has 2 aliphatic rings. The number of hydrogen-bond acceptors (Lipinski definition) is 6. The van der Waals surface area contributed by atoms with E-state index in [1.807, 2.05) is 0 Å². The molecule has 7 nitrogen and oxygen atoms in total. The lowest BCUT2D eigenvalue weighted by Gasteiger charge is -2.35. The standard InChI is InChI=1S/C22H21ClF3N3O4/c1-20(2)32-14-15(33-20)19(29-9-8-11-17(23)27-10-28-18(11)29)31-16(14)21(3,30)12-6-4-5-7-13(12)22(24,25)26/h4-10,14-16,19,30H,1-3H3/t14-,15+,16-,19+,21?/m0/s1. The zero-order chi connectivity index (χ0) is 23.8. The lowest BCUT2D eigenvalue weighted by atomic mass is 9.84. The van der Waals surface area contributed by atoms with E-state index in [-0.39, 0.29) is 10.7 Å². The predicted octanol–water partition coefficient (Wildman–Crippen LogP) is 4.43. The Kier molecular flexibility index (Phi) is 5.04. The van der Waals surface area contributed by atoms with Crippen molar-refractivity contribution in [2.75, 3.05) is 0 Å². The van der Waals surface area contributed by atoms with Gasteiger partial charge in [0.2, 0.25) is 0 Å². The van der Waals surface area contributed by atoms with Gasteiger partial charge in [-0.15, -0.1) is 0 Å². The van der Waals surface area contributed by atoms with E-state index in [1.165, 1.54) is 31.5 Å². The van der Waals surface area contributed by atoms with Gasteiger partial charge in [-0.25, -0.2) is 9.97 Å². The molecule has 2 aromatic heterocycles. The number of benzene rings is 1. The summed E-state index contributed by atoms with van der Waals surface area (Å²) in [5.74, 6) is -1.04. The second kappa shape index (κ2) is 7.38. The molecule has 1 unspecified atom stereocenters. The highest BCUT2D eigenvalue weighted by molar-refractivity contribution is 6.33. The minimum atomic E-state index is -4.66. The van der Waals surface area contributed by atoms with Crippen LogP contribution in [0.4, 0.5) is 13.2 Å². The Labute approximate surface area is 192 Å². The number of ether oxygens (including phenoxy) is 3. The normalized spacial score (nSPS) is 28.7. The molecule has 0 radical (unpaired) electrons. The summed E-state index contributed by atoms with van der Waals surface area (Å²) in [5, 5.41) is 12.3. The Balaban J connectivity index is 1.60. The molecular formula is C22H21ClF3N3O4. The van der Waals surface area contributed by atoms with Crippen molar-refractivity contribution in [3.8, 4) is 0 Å². The van der Waals surface area contributed by atoms with Crippen LogP contribution in [0.3, 0.4) is 0 Å². The number of halogens is 4. The topological polar surface area (TPSA) is 78.6 Å². The van der Waals surface area contributed by atoms with Gasteiger partial charge in [0.25, 0.3) is 0 Å². The van der Waals surface area contributed by atoms with Crippen LogP contribution < -0.4 is 0 Å². The molecule has 176 valence electrons. The minimum Gasteiger partial charge on any atom is -0.383 e. The first-order valence-corrected chi connectivity index (χ1v) is 10.7. The van der Waals surface area contributed by atoms with Gasteiger partial charge in [-0.1, -0.05) is 29.8 Å². The fourth-order valence-corrected chi connectivity index (χ4v) is 4.91. The molecule has 5 rings (SSSR count). The maximum Gasteiger partial charge on any atom is 0.416 e. The molecule has 4 heterocycles. The number of nitrogens with zero attached hydrogens (tertiary/aromatic N) is 3. The van der Waals surface area contributed by atoms with Gasteiger partial charge in [-0.3, -0.25) is 0 Å². The summed E-state index contributed by atoms with van der Waals surface area (Å²) < 4.78 is 61.1. The number of aliphatic hydroxyl groups is 1. The average Bonchev–Trinajstić information content (AvgIpc) is 3.38. The number of aromatic nitrogens is 3. The third-order valence-electron chi connectivity index (χ3n) is 6.10. The lowest BCUT2D eigenvalue weighted by molar-refractivity contribution is -0.222. The Morgan fingerprint density at radius 3 is 2.42 bits per heavy atom. The summed E-state index contributed by atoms with van der Waals surface area (Å²) in [6, 6.07) is 6.60.